The molecule has 4 rings (SSSR count). The van der Waals surface area contributed by atoms with Crippen LogP contribution < -0.4 is 16.2 Å². The highest BCUT2D eigenvalue weighted by Crippen LogP contribution is 2.23. The van der Waals surface area contributed by atoms with E-state index in [-0.39, 0.29) is 17.7 Å². The van der Waals surface area contributed by atoms with E-state index in [1.54, 1.807) is 6.92 Å². The fourth-order valence-corrected chi connectivity index (χ4v) is 3.82. The Morgan fingerprint density at radius 3 is 2.42 bits per heavy atom. The summed E-state index contributed by atoms with van der Waals surface area (Å²) in [6, 6.07) is 16.2. The molecule has 4 N–H and O–H groups in total. The van der Waals surface area contributed by atoms with Gasteiger partial charge in [0.15, 0.2) is 0 Å². The number of nitrogens with zero attached hydrogens (tertiary/aromatic N) is 1. The van der Waals surface area contributed by atoms with E-state index in [1.165, 1.54) is 11.9 Å². The number of aromatic nitrogens is 2. The molecule has 0 saturated carbocycles. The third-order valence-corrected chi connectivity index (χ3v) is 6.21. The van der Waals surface area contributed by atoms with E-state index >= 15 is 0 Å². The molecule has 0 amide bonds. The SMILES string of the molecule is CC(CF)NCC(Cc1nc[nH]c(=O)c1O)c1ccc(C#Cc2ccc(CNC3COC3)cc2)cc1. The van der Waals surface area contributed by atoms with Crippen molar-refractivity contribution in [2.24, 2.45) is 0 Å². The van der Waals surface area contributed by atoms with Crippen LogP contribution in [0.1, 0.15) is 40.8 Å². The predicted molar refractivity (Wildman–Crippen MR) is 137 cm³/mol. The molecule has 0 radical (unpaired) electrons. The highest BCUT2D eigenvalue weighted by atomic mass is 19.1. The summed E-state index contributed by atoms with van der Waals surface area (Å²) >= 11 is 0. The highest BCUT2D eigenvalue weighted by molar-refractivity contribution is 5.44. The summed E-state index contributed by atoms with van der Waals surface area (Å²) in [4.78, 5) is 18.3. The number of aromatic hydroxyl groups is 1. The monoisotopic (exact) mass is 490 g/mol. The van der Waals surface area contributed by atoms with Gasteiger partial charge < -0.3 is 25.5 Å². The number of halogens is 1. The van der Waals surface area contributed by atoms with Crippen molar-refractivity contribution in [3.63, 3.8) is 0 Å². The lowest BCUT2D eigenvalue weighted by Crippen LogP contribution is -2.45. The Kier molecular flexibility index (Phi) is 8.85. The molecule has 7 nitrogen and oxygen atoms in total. The van der Waals surface area contributed by atoms with Gasteiger partial charge in [0.2, 0.25) is 5.75 Å². The first-order valence-corrected chi connectivity index (χ1v) is 12.1. The third kappa shape index (κ3) is 7.01. The zero-order valence-corrected chi connectivity index (χ0v) is 20.3. The summed E-state index contributed by atoms with van der Waals surface area (Å²) in [5, 5.41) is 16.7. The number of hydrogen-bond acceptors (Lipinski definition) is 6. The molecular weight excluding hydrogens is 459 g/mol. The zero-order chi connectivity index (χ0) is 25.3. The first-order chi connectivity index (χ1) is 17.5. The largest absolute Gasteiger partial charge is 0.502 e. The van der Waals surface area contributed by atoms with Gasteiger partial charge in [-0.1, -0.05) is 36.1 Å². The van der Waals surface area contributed by atoms with E-state index in [0.717, 1.165) is 36.4 Å². The molecule has 2 atom stereocenters. The molecule has 0 aliphatic carbocycles. The maximum absolute atomic E-state index is 13.0. The maximum atomic E-state index is 13.0. The third-order valence-electron chi connectivity index (χ3n) is 6.21. The summed E-state index contributed by atoms with van der Waals surface area (Å²) in [6.07, 6.45) is 1.61. The lowest BCUT2D eigenvalue weighted by atomic mass is 9.92. The fourth-order valence-electron chi connectivity index (χ4n) is 3.82. The number of nitrogens with one attached hydrogen (secondary N) is 3. The van der Waals surface area contributed by atoms with Gasteiger partial charge in [0.05, 0.1) is 31.3 Å². The first-order valence-electron chi connectivity index (χ1n) is 12.1. The van der Waals surface area contributed by atoms with Crippen LogP contribution in [0.4, 0.5) is 4.39 Å². The van der Waals surface area contributed by atoms with E-state index in [9.17, 15) is 14.3 Å². The summed E-state index contributed by atoms with van der Waals surface area (Å²) < 4.78 is 18.2. The van der Waals surface area contributed by atoms with Gasteiger partial charge in [0.25, 0.3) is 5.56 Å². The van der Waals surface area contributed by atoms with Crippen molar-refractivity contribution in [3.05, 3.63) is 93.2 Å². The molecule has 8 heteroatoms. The maximum Gasteiger partial charge on any atom is 0.293 e. The van der Waals surface area contributed by atoms with Gasteiger partial charge in [-0.05, 0) is 42.3 Å². The average molecular weight is 491 g/mol. The van der Waals surface area contributed by atoms with Crippen LogP contribution in [-0.4, -0.2) is 53.6 Å². The van der Waals surface area contributed by atoms with E-state index in [4.69, 9.17) is 4.74 Å². The Morgan fingerprint density at radius 1 is 1.14 bits per heavy atom. The molecule has 1 fully saturated rings. The van der Waals surface area contributed by atoms with Gasteiger partial charge in [-0.15, -0.1) is 0 Å². The molecule has 0 spiro atoms. The highest BCUT2D eigenvalue weighted by Gasteiger charge is 2.18. The van der Waals surface area contributed by atoms with Crippen LogP contribution in [0.3, 0.4) is 0 Å². The van der Waals surface area contributed by atoms with Crippen LogP contribution in [0.25, 0.3) is 0 Å². The van der Waals surface area contributed by atoms with Gasteiger partial charge in [-0.25, -0.2) is 9.37 Å². The number of alkyl halides is 1. The van der Waals surface area contributed by atoms with Crippen molar-refractivity contribution in [1.82, 2.24) is 20.6 Å². The molecule has 1 aliphatic rings. The Bertz CT molecular complexity index is 1240. The summed E-state index contributed by atoms with van der Waals surface area (Å²) in [7, 11) is 0. The normalized spacial score (nSPS) is 14.9. The van der Waals surface area contributed by atoms with Crippen molar-refractivity contribution in [2.75, 3.05) is 26.4 Å². The first kappa shape index (κ1) is 25.6. The number of rotatable bonds is 10. The van der Waals surface area contributed by atoms with E-state index in [0.29, 0.717) is 24.7 Å². The van der Waals surface area contributed by atoms with Gasteiger partial charge in [-0.3, -0.25) is 4.79 Å². The second-order valence-electron chi connectivity index (χ2n) is 9.08. The van der Waals surface area contributed by atoms with Crippen LogP contribution in [0.15, 0.2) is 59.7 Å². The molecule has 36 heavy (non-hydrogen) atoms. The molecule has 188 valence electrons. The predicted octanol–water partition coefficient (Wildman–Crippen LogP) is 2.64. The second kappa shape index (κ2) is 12.5. The van der Waals surface area contributed by atoms with Crippen molar-refractivity contribution < 1.29 is 14.2 Å². The van der Waals surface area contributed by atoms with Crippen LogP contribution in [0.2, 0.25) is 0 Å². The Hall–Kier alpha value is -3.51. The quantitative estimate of drug-likeness (QED) is 0.326. The Morgan fingerprint density at radius 2 is 1.81 bits per heavy atom. The van der Waals surface area contributed by atoms with Gasteiger partial charge in [0.1, 0.15) is 6.67 Å². The molecule has 3 aromatic rings. The van der Waals surface area contributed by atoms with Crippen molar-refractivity contribution in [1.29, 1.82) is 0 Å². The lowest BCUT2D eigenvalue weighted by molar-refractivity contribution is -0.00578. The number of hydrogen-bond donors (Lipinski definition) is 4. The topological polar surface area (TPSA) is 99.3 Å². The van der Waals surface area contributed by atoms with E-state index in [2.05, 4.69) is 44.6 Å². The molecule has 1 aromatic heterocycles. The average Bonchev–Trinajstić information content (AvgIpc) is 2.87. The minimum Gasteiger partial charge on any atom is -0.502 e. The van der Waals surface area contributed by atoms with Crippen LogP contribution in [0, 0.1) is 11.8 Å². The Balaban J connectivity index is 1.42. The lowest BCUT2D eigenvalue weighted by Gasteiger charge is -2.26. The Labute approximate surface area is 210 Å². The fraction of sp³-hybridized carbons (Fsp3) is 0.357. The molecule has 1 saturated heterocycles. The number of benzene rings is 2. The number of aromatic amines is 1. The smallest absolute Gasteiger partial charge is 0.293 e. The van der Waals surface area contributed by atoms with Gasteiger partial charge in [-0.2, -0.15) is 0 Å². The van der Waals surface area contributed by atoms with Gasteiger partial charge in [0, 0.05) is 42.6 Å². The zero-order valence-electron chi connectivity index (χ0n) is 20.3. The van der Waals surface area contributed by atoms with Crippen molar-refractivity contribution in [3.8, 4) is 17.6 Å². The number of ether oxygens (including phenoxy) is 1. The van der Waals surface area contributed by atoms with Crippen LogP contribution in [0.5, 0.6) is 5.75 Å². The van der Waals surface area contributed by atoms with Gasteiger partial charge >= 0.3 is 0 Å². The molecule has 1 aliphatic heterocycles. The number of H-pyrrole nitrogens is 1. The molecule has 2 aromatic carbocycles. The molecular formula is C28H31FN4O3. The minimum absolute atomic E-state index is 0.117. The molecule has 0 bridgehead atoms. The van der Waals surface area contributed by atoms with Crippen molar-refractivity contribution in [2.45, 2.75) is 37.9 Å². The summed E-state index contributed by atoms with van der Waals surface area (Å²) in [5.74, 6) is 5.89. The summed E-state index contributed by atoms with van der Waals surface area (Å²) in [6.45, 7) is 4.13. The van der Waals surface area contributed by atoms with Crippen LogP contribution in [-0.2, 0) is 17.7 Å². The standard InChI is InChI=1S/C28H31FN4O3/c1-19(13-29)30-15-24(12-26-27(34)28(35)33-18-32-26)23-10-8-21(9-11-23)3-2-20-4-6-22(7-5-20)14-31-25-16-36-17-25/h4-11,18-19,24-25,30-31,34H,12-17H2,1H3,(H,32,33,35). The summed E-state index contributed by atoms with van der Waals surface area (Å²) in [5.41, 5.74) is 3.73. The second-order valence-corrected chi connectivity index (χ2v) is 9.08. The van der Waals surface area contributed by atoms with Crippen LogP contribution >= 0.6 is 0 Å². The minimum atomic E-state index is -0.577. The van der Waals surface area contributed by atoms with E-state index in [1.807, 2.05) is 36.4 Å². The van der Waals surface area contributed by atoms with E-state index < -0.39 is 12.2 Å². The molecule has 2 unspecified atom stereocenters. The van der Waals surface area contributed by atoms with Crippen molar-refractivity contribution >= 4 is 0 Å². The molecule has 2 heterocycles.